The first kappa shape index (κ1) is 12.8. The smallest absolute Gasteiger partial charge is 0.292 e. The predicted octanol–water partition coefficient (Wildman–Crippen LogP) is 3.92. The van der Waals surface area contributed by atoms with Crippen LogP contribution in [0.25, 0.3) is 0 Å². The highest BCUT2D eigenvalue weighted by Crippen LogP contribution is 2.32. The second kappa shape index (κ2) is 5.82. The molecule has 0 aliphatic carbocycles. The van der Waals surface area contributed by atoms with Crippen molar-refractivity contribution in [2.24, 2.45) is 0 Å². The molecule has 0 heterocycles. The van der Waals surface area contributed by atoms with Gasteiger partial charge >= 0.3 is 0 Å². The zero-order valence-corrected chi connectivity index (χ0v) is 10.4. The fourth-order valence-corrected chi connectivity index (χ4v) is 1.93. The number of anilines is 2. The number of nitro benzene ring substituents is 1. The normalized spacial score (nSPS) is 9.89. The molecule has 4 heteroatoms. The van der Waals surface area contributed by atoms with E-state index in [1.54, 1.807) is 24.3 Å². The lowest BCUT2D eigenvalue weighted by atomic mass is 10.2. The SMILES string of the molecule is C=CCN(c1ccccc1)c1ccccc1[N+](=O)[O-]. The molecule has 0 unspecified atom stereocenters. The quantitative estimate of drug-likeness (QED) is 0.461. The third-order valence-corrected chi connectivity index (χ3v) is 2.75. The van der Waals surface area contributed by atoms with Gasteiger partial charge in [0.1, 0.15) is 5.69 Å². The minimum atomic E-state index is -0.367. The molecule has 0 bridgehead atoms. The standard InChI is InChI=1S/C15H14N2O2/c1-2-12-16(13-8-4-3-5-9-13)14-10-6-7-11-15(14)17(18)19/h2-11H,1,12H2. The van der Waals surface area contributed by atoms with E-state index >= 15 is 0 Å². The third-order valence-electron chi connectivity index (χ3n) is 2.75. The third kappa shape index (κ3) is 2.80. The van der Waals surface area contributed by atoms with E-state index in [1.165, 1.54) is 6.07 Å². The Morgan fingerprint density at radius 1 is 1.11 bits per heavy atom. The van der Waals surface area contributed by atoms with Gasteiger partial charge in [-0.25, -0.2) is 0 Å². The van der Waals surface area contributed by atoms with Gasteiger partial charge in [0.05, 0.1) is 4.92 Å². The molecule has 96 valence electrons. The van der Waals surface area contributed by atoms with Crippen LogP contribution in [0.4, 0.5) is 17.1 Å². The molecule has 0 N–H and O–H groups in total. The van der Waals surface area contributed by atoms with Crippen LogP contribution < -0.4 is 4.90 Å². The maximum Gasteiger partial charge on any atom is 0.292 e. The number of nitrogens with zero attached hydrogens (tertiary/aromatic N) is 2. The van der Waals surface area contributed by atoms with E-state index in [0.29, 0.717) is 12.2 Å². The summed E-state index contributed by atoms with van der Waals surface area (Å²) >= 11 is 0. The molecule has 2 aromatic rings. The summed E-state index contributed by atoms with van der Waals surface area (Å²) in [6.45, 7) is 4.22. The van der Waals surface area contributed by atoms with Crippen molar-refractivity contribution in [1.82, 2.24) is 0 Å². The van der Waals surface area contributed by atoms with Crippen molar-refractivity contribution in [3.05, 3.63) is 77.4 Å². The van der Waals surface area contributed by atoms with Crippen molar-refractivity contribution in [3.8, 4) is 0 Å². The summed E-state index contributed by atoms with van der Waals surface area (Å²) in [5.74, 6) is 0. The molecule has 19 heavy (non-hydrogen) atoms. The van der Waals surface area contributed by atoms with Crippen molar-refractivity contribution >= 4 is 17.1 Å². The van der Waals surface area contributed by atoms with Crippen molar-refractivity contribution in [2.45, 2.75) is 0 Å². The Kier molecular flexibility index (Phi) is 3.93. The lowest BCUT2D eigenvalue weighted by Gasteiger charge is -2.23. The summed E-state index contributed by atoms with van der Waals surface area (Å²) in [5.41, 5.74) is 1.56. The summed E-state index contributed by atoms with van der Waals surface area (Å²) < 4.78 is 0. The van der Waals surface area contributed by atoms with Crippen LogP contribution in [0.5, 0.6) is 0 Å². The topological polar surface area (TPSA) is 46.4 Å². The van der Waals surface area contributed by atoms with Gasteiger partial charge < -0.3 is 4.90 Å². The van der Waals surface area contributed by atoms with Crippen LogP contribution in [0, 0.1) is 10.1 Å². The van der Waals surface area contributed by atoms with Gasteiger partial charge in [0.25, 0.3) is 5.69 Å². The summed E-state index contributed by atoms with van der Waals surface area (Å²) in [7, 11) is 0. The number of benzene rings is 2. The van der Waals surface area contributed by atoms with Gasteiger partial charge in [-0.1, -0.05) is 36.4 Å². The van der Waals surface area contributed by atoms with Crippen molar-refractivity contribution in [3.63, 3.8) is 0 Å². The van der Waals surface area contributed by atoms with Gasteiger partial charge in [-0.3, -0.25) is 10.1 Å². The number of nitro groups is 1. The van der Waals surface area contributed by atoms with E-state index in [0.717, 1.165) is 5.69 Å². The van der Waals surface area contributed by atoms with Gasteiger partial charge in [0.15, 0.2) is 0 Å². The predicted molar refractivity (Wildman–Crippen MR) is 76.7 cm³/mol. The first-order valence-electron chi connectivity index (χ1n) is 5.91. The Morgan fingerprint density at radius 2 is 1.74 bits per heavy atom. The Bertz CT molecular complexity index is 582. The molecule has 0 saturated carbocycles. The van der Waals surface area contributed by atoms with Crippen LogP contribution in [-0.2, 0) is 0 Å². The Hall–Kier alpha value is -2.62. The van der Waals surface area contributed by atoms with Gasteiger partial charge in [-0.2, -0.15) is 0 Å². The monoisotopic (exact) mass is 254 g/mol. The fraction of sp³-hybridized carbons (Fsp3) is 0.0667. The molecular weight excluding hydrogens is 240 g/mol. The van der Waals surface area contributed by atoms with Crippen LogP contribution in [0.1, 0.15) is 0 Å². The first-order valence-corrected chi connectivity index (χ1v) is 5.91. The number of hydrogen-bond donors (Lipinski definition) is 0. The summed E-state index contributed by atoms with van der Waals surface area (Å²) in [6.07, 6.45) is 1.73. The van der Waals surface area contributed by atoms with Crippen molar-refractivity contribution in [1.29, 1.82) is 0 Å². The number of rotatable bonds is 5. The van der Waals surface area contributed by atoms with Crippen LogP contribution in [0.15, 0.2) is 67.3 Å². The van der Waals surface area contributed by atoms with E-state index in [1.807, 2.05) is 35.2 Å². The van der Waals surface area contributed by atoms with Crippen molar-refractivity contribution < 1.29 is 4.92 Å². The molecule has 2 aromatic carbocycles. The molecule has 0 atom stereocenters. The molecule has 0 radical (unpaired) electrons. The minimum Gasteiger partial charge on any atom is -0.332 e. The zero-order valence-electron chi connectivity index (χ0n) is 10.4. The Morgan fingerprint density at radius 3 is 2.37 bits per heavy atom. The van der Waals surface area contributed by atoms with E-state index in [9.17, 15) is 10.1 Å². The second-order valence-corrected chi connectivity index (χ2v) is 3.98. The molecular formula is C15H14N2O2. The van der Waals surface area contributed by atoms with Crippen molar-refractivity contribution in [2.75, 3.05) is 11.4 Å². The highest BCUT2D eigenvalue weighted by atomic mass is 16.6. The molecule has 2 rings (SSSR count). The maximum atomic E-state index is 11.1. The van der Waals surface area contributed by atoms with Gasteiger partial charge in [-0.05, 0) is 18.2 Å². The largest absolute Gasteiger partial charge is 0.332 e. The molecule has 4 nitrogen and oxygen atoms in total. The molecule has 0 aliphatic heterocycles. The van der Waals surface area contributed by atoms with Crippen LogP contribution in [-0.4, -0.2) is 11.5 Å². The van der Waals surface area contributed by atoms with Gasteiger partial charge in [0, 0.05) is 18.3 Å². The average molecular weight is 254 g/mol. The average Bonchev–Trinajstić information content (AvgIpc) is 2.45. The fourth-order valence-electron chi connectivity index (χ4n) is 1.93. The Labute approximate surface area is 111 Å². The highest BCUT2D eigenvalue weighted by molar-refractivity contribution is 5.72. The van der Waals surface area contributed by atoms with Crippen LogP contribution in [0.3, 0.4) is 0 Å². The first-order chi connectivity index (χ1) is 9.24. The molecule has 0 aromatic heterocycles. The lowest BCUT2D eigenvalue weighted by Crippen LogP contribution is -2.17. The summed E-state index contributed by atoms with van der Waals surface area (Å²) in [5, 5.41) is 11.1. The molecule has 0 aliphatic rings. The molecule has 0 spiro atoms. The van der Waals surface area contributed by atoms with Crippen LogP contribution in [0.2, 0.25) is 0 Å². The van der Waals surface area contributed by atoms with E-state index < -0.39 is 0 Å². The summed E-state index contributed by atoms with van der Waals surface area (Å²) in [4.78, 5) is 12.6. The minimum absolute atomic E-state index is 0.0909. The van der Waals surface area contributed by atoms with Gasteiger partial charge in [0.2, 0.25) is 0 Å². The molecule has 0 saturated heterocycles. The van der Waals surface area contributed by atoms with E-state index in [-0.39, 0.29) is 10.6 Å². The molecule has 0 amide bonds. The van der Waals surface area contributed by atoms with Crippen LogP contribution >= 0.6 is 0 Å². The second-order valence-electron chi connectivity index (χ2n) is 3.98. The number of hydrogen-bond acceptors (Lipinski definition) is 3. The number of para-hydroxylation sites is 3. The highest BCUT2D eigenvalue weighted by Gasteiger charge is 2.18. The van der Waals surface area contributed by atoms with E-state index in [2.05, 4.69) is 6.58 Å². The maximum absolute atomic E-state index is 11.1. The lowest BCUT2D eigenvalue weighted by molar-refractivity contribution is -0.384. The Balaban J connectivity index is 2.51. The van der Waals surface area contributed by atoms with E-state index in [4.69, 9.17) is 0 Å². The zero-order chi connectivity index (χ0) is 13.7. The summed E-state index contributed by atoms with van der Waals surface area (Å²) in [6, 6.07) is 16.3. The molecule has 0 fully saturated rings. The van der Waals surface area contributed by atoms with Gasteiger partial charge in [-0.15, -0.1) is 6.58 Å².